The highest BCUT2D eigenvalue weighted by Gasteiger charge is 2.14. The molecule has 0 atom stereocenters. The molecule has 1 heterocycles. The minimum atomic E-state index is -0.155. The van der Waals surface area contributed by atoms with E-state index in [2.05, 4.69) is 10.3 Å². The number of aromatic nitrogens is 1. The van der Waals surface area contributed by atoms with E-state index in [1.54, 1.807) is 29.4 Å². The minimum Gasteiger partial charge on any atom is -0.319 e. The predicted octanol–water partition coefficient (Wildman–Crippen LogP) is 3.33. The maximum atomic E-state index is 12.6. The van der Waals surface area contributed by atoms with Crippen molar-refractivity contribution in [2.45, 2.75) is 6.54 Å². The number of halogens is 1. The standard InChI is InChI=1S/C17H21ClN4O/c1-21(2)9-10-22(13-14-5-4-8-19-12-14)17(23)20-16-7-3-6-15(18)11-16/h3-8,11-12H,9-10,13H2,1-2H3,(H,20,23). The Hall–Kier alpha value is -2.11. The van der Waals surface area contributed by atoms with Crippen LogP contribution in [0.5, 0.6) is 0 Å². The van der Waals surface area contributed by atoms with E-state index in [-0.39, 0.29) is 6.03 Å². The molecular formula is C17H21ClN4O. The number of likely N-dealkylation sites (N-methyl/N-ethyl adjacent to an activating group) is 1. The first kappa shape index (κ1) is 17.2. The third-order valence-electron chi connectivity index (χ3n) is 3.28. The van der Waals surface area contributed by atoms with E-state index in [0.29, 0.717) is 23.8 Å². The Bertz CT molecular complexity index is 634. The highest BCUT2D eigenvalue weighted by atomic mass is 35.5. The summed E-state index contributed by atoms with van der Waals surface area (Å²) in [6.45, 7) is 1.91. The number of anilines is 1. The Morgan fingerprint density at radius 1 is 1.22 bits per heavy atom. The lowest BCUT2D eigenvalue weighted by Crippen LogP contribution is -2.39. The fourth-order valence-corrected chi connectivity index (χ4v) is 2.24. The van der Waals surface area contributed by atoms with Gasteiger partial charge in [-0.1, -0.05) is 23.7 Å². The topological polar surface area (TPSA) is 48.5 Å². The summed E-state index contributed by atoms with van der Waals surface area (Å²) in [5, 5.41) is 3.48. The third kappa shape index (κ3) is 5.88. The number of carbonyl (C=O) groups is 1. The maximum Gasteiger partial charge on any atom is 0.322 e. The summed E-state index contributed by atoms with van der Waals surface area (Å²) in [5.41, 5.74) is 1.68. The van der Waals surface area contributed by atoms with E-state index in [1.165, 1.54) is 0 Å². The second kappa shape index (κ2) is 8.50. The van der Waals surface area contributed by atoms with Gasteiger partial charge in [0.15, 0.2) is 0 Å². The Kier molecular flexibility index (Phi) is 6.38. The molecule has 1 aromatic heterocycles. The van der Waals surface area contributed by atoms with Crippen LogP contribution < -0.4 is 5.32 Å². The van der Waals surface area contributed by atoms with Crippen molar-refractivity contribution >= 4 is 23.3 Å². The first-order chi connectivity index (χ1) is 11.0. The molecule has 0 aliphatic rings. The Balaban J connectivity index is 2.07. The molecule has 5 nitrogen and oxygen atoms in total. The molecule has 1 N–H and O–H groups in total. The van der Waals surface area contributed by atoms with Gasteiger partial charge in [0.1, 0.15) is 0 Å². The van der Waals surface area contributed by atoms with Gasteiger partial charge in [0.05, 0.1) is 0 Å². The molecule has 2 aromatic rings. The van der Waals surface area contributed by atoms with Gasteiger partial charge >= 0.3 is 6.03 Å². The van der Waals surface area contributed by atoms with Gasteiger partial charge in [-0.3, -0.25) is 4.98 Å². The Morgan fingerprint density at radius 3 is 2.70 bits per heavy atom. The lowest BCUT2D eigenvalue weighted by atomic mass is 10.2. The van der Waals surface area contributed by atoms with Gasteiger partial charge < -0.3 is 15.1 Å². The monoisotopic (exact) mass is 332 g/mol. The maximum absolute atomic E-state index is 12.6. The molecular weight excluding hydrogens is 312 g/mol. The Labute approximate surface area is 141 Å². The van der Waals surface area contributed by atoms with Crippen LogP contribution in [0.4, 0.5) is 10.5 Å². The van der Waals surface area contributed by atoms with E-state index < -0.39 is 0 Å². The average molecular weight is 333 g/mol. The van der Waals surface area contributed by atoms with Gasteiger partial charge in [-0.05, 0) is 43.9 Å². The van der Waals surface area contributed by atoms with Crippen LogP contribution in [-0.4, -0.2) is 48.0 Å². The average Bonchev–Trinajstić information content (AvgIpc) is 2.52. The summed E-state index contributed by atoms with van der Waals surface area (Å²) in [7, 11) is 3.97. The molecule has 0 saturated carbocycles. The third-order valence-corrected chi connectivity index (χ3v) is 3.51. The molecule has 6 heteroatoms. The zero-order valence-electron chi connectivity index (χ0n) is 13.4. The van der Waals surface area contributed by atoms with Gasteiger partial charge in [0, 0.05) is 42.7 Å². The number of nitrogens with zero attached hydrogens (tertiary/aromatic N) is 3. The highest BCUT2D eigenvalue weighted by molar-refractivity contribution is 6.30. The molecule has 0 saturated heterocycles. The zero-order valence-corrected chi connectivity index (χ0v) is 14.1. The van der Waals surface area contributed by atoms with E-state index >= 15 is 0 Å². The van der Waals surface area contributed by atoms with Crippen LogP contribution in [0.3, 0.4) is 0 Å². The van der Waals surface area contributed by atoms with Crippen molar-refractivity contribution in [1.82, 2.24) is 14.8 Å². The van der Waals surface area contributed by atoms with Gasteiger partial charge in [-0.15, -0.1) is 0 Å². The number of benzene rings is 1. The van der Waals surface area contributed by atoms with Crippen molar-refractivity contribution in [3.05, 3.63) is 59.4 Å². The number of rotatable bonds is 6. The quantitative estimate of drug-likeness (QED) is 0.882. The number of amides is 2. The number of hydrogen-bond acceptors (Lipinski definition) is 3. The fraction of sp³-hybridized carbons (Fsp3) is 0.294. The van der Waals surface area contributed by atoms with Gasteiger partial charge in [0.2, 0.25) is 0 Å². The molecule has 2 amide bonds. The first-order valence-electron chi connectivity index (χ1n) is 7.40. The summed E-state index contributed by atoms with van der Waals surface area (Å²) < 4.78 is 0. The van der Waals surface area contributed by atoms with Crippen LogP contribution in [-0.2, 0) is 6.54 Å². The fourth-order valence-electron chi connectivity index (χ4n) is 2.05. The van der Waals surface area contributed by atoms with E-state index in [1.807, 2.05) is 43.3 Å². The van der Waals surface area contributed by atoms with Gasteiger partial charge in [-0.25, -0.2) is 4.79 Å². The lowest BCUT2D eigenvalue weighted by molar-refractivity contribution is 0.202. The number of hydrogen-bond donors (Lipinski definition) is 1. The van der Waals surface area contributed by atoms with Crippen molar-refractivity contribution in [3.8, 4) is 0 Å². The van der Waals surface area contributed by atoms with Crippen LogP contribution >= 0.6 is 11.6 Å². The molecule has 122 valence electrons. The van der Waals surface area contributed by atoms with Crippen molar-refractivity contribution in [1.29, 1.82) is 0 Å². The van der Waals surface area contributed by atoms with Crippen molar-refractivity contribution in [3.63, 3.8) is 0 Å². The predicted molar refractivity (Wildman–Crippen MR) is 93.7 cm³/mol. The van der Waals surface area contributed by atoms with Gasteiger partial charge in [-0.2, -0.15) is 0 Å². The molecule has 0 aliphatic carbocycles. The SMILES string of the molecule is CN(C)CCN(Cc1cccnc1)C(=O)Nc1cccc(Cl)c1. The second-order valence-electron chi connectivity index (χ2n) is 5.53. The molecule has 0 aliphatic heterocycles. The number of pyridine rings is 1. The molecule has 0 bridgehead atoms. The molecule has 2 rings (SSSR count). The summed E-state index contributed by atoms with van der Waals surface area (Å²) in [5.74, 6) is 0. The highest BCUT2D eigenvalue weighted by Crippen LogP contribution is 2.16. The number of nitrogens with one attached hydrogen (secondary N) is 1. The minimum absolute atomic E-state index is 0.155. The summed E-state index contributed by atoms with van der Waals surface area (Å²) in [6, 6.07) is 10.8. The number of urea groups is 1. The van der Waals surface area contributed by atoms with Crippen molar-refractivity contribution in [2.24, 2.45) is 0 Å². The summed E-state index contributed by atoms with van der Waals surface area (Å²) in [4.78, 5) is 20.5. The summed E-state index contributed by atoms with van der Waals surface area (Å²) >= 11 is 5.96. The largest absolute Gasteiger partial charge is 0.322 e. The smallest absolute Gasteiger partial charge is 0.319 e. The molecule has 0 radical (unpaired) electrons. The van der Waals surface area contributed by atoms with E-state index in [0.717, 1.165) is 12.1 Å². The summed E-state index contributed by atoms with van der Waals surface area (Å²) in [6.07, 6.45) is 3.50. The molecule has 1 aromatic carbocycles. The van der Waals surface area contributed by atoms with Crippen LogP contribution in [0.25, 0.3) is 0 Å². The zero-order chi connectivity index (χ0) is 16.7. The van der Waals surface area contributed by atoms with Gasteiger partial charge in [0.25, 0.3) is 0 Å². The lowest BCUT2D eigenvalue weighted by Gasteiger charge is -2.24. The second-order valence-corrected chi connectivity index (χ2v) is 5.96. The molecule has 0 fully saturated rings. The van der Waals surface area contributed by atoms with E-state index in [9.17, 15) is 4.79 Å². The molecule has 0 spiro atoms. The van der Waals surface area contributed by atoms with Crippen molar-refractivity contribution in [2.75, 3.05) is 32.5 Å². The Morgan fingerprint density at radius 2 is 2.04 bits per heavy atom. The van der Waals surface area contributed by atoms with E-state index in [4.69, 9.17) is 11.6 Å². The van der Waals surface area contributed by atoms with Crippen LogP contribution in [0.1, 0.15) is 5.56 Å². The molecule has 23 heavy (non-hydrogen) atoms. The van der Waals surface area contributed by atoms with Crippen molar-refractivity contribution < 1.29 is 4.79 Å². The van der Waals surface area contributed by atoms with Crippen LogP contribution in [0, 0.1) is 0 Å². The van der Waals surface area contributed by atoms with Crippen LogP contribution in [0.15, 0.2) is 48.8 Å². The normalized spacial score (nSPS) is 10.6. The molecule has 0 unspecified atom stereocenters. The number of carbonyl (C=O) groups excluding carboxylic acids is 1. The van der Waals surface area contributed by atoms with Crippen LogP contribution in [0.2, 0.25) is 5.02 Å². The first-order valence-corrected chi connectivity index (χ1v) is 7.77.